The van der Waals surface area contributed by atoms with E-state index in [1.165, 1.54) is 161 Å². The summed E-state index contributed by atoms with van der Waals surface area (Å²) in [6, 6.07) is -0.426. The van der Waals surface area contributed by atoms with Crippen molar-refractivity contribution in [3.8, 4) is 0 Å². The summed E-state index contributed by atoms with van der Waals surface area (Å²) in [5.41, 5.74) is 0. The van der Waals surface area contributed by atoms with Gasteiger partial charge in [0.25, 0.3) is 0 Å². The Labute approximate surface area is 292 Å². The van der Waals surface area contributed by atoms with Crippen LogP contribution < -0.4 is 5.32 Å². The van der Waals surface area contributed by atoms with Crippen LogP contribution in [0.3, 0.4) is 0 Å². The van der Waals surface area contributed by atoms with Gasteiger partial charge in [-0.15, -0.1) is 0 Å². The third kappa shape index (κ3) is 26.6. The van der Waals surface area contributed by atoms with Gasteiger partial charge in [-0.1, -0.05) is 193 Å². The molecule has 0 radical (unpaired) electrons. The van der Waals surface area contributed by atoms with E-state index in [0.717, 1.165) is 38.5 Å². The second-order valence-electron chi connectivity index (χ2n) is 14.8. The summed E-state index contributed by atoms with van der Waals surface area (Å²) in [7, 11) is 0. The number of carbonyl (C=O) groups is 1. The maximum Gasteiger partial charge on any atom is 0.249 e. The zero-order valence-electron chi connectivity index (χ0n) is 31.5. The Hall–Kier alpha value is -0.910. The van der Waals surface area contributed by atoms with E-state index < -0.39 is 18.2 Å². The zero-order valence-corrected chi connectivity index (χ0v) is 31.5. The Bertz CT molecular complexity index is 698. The lowest BCUT2D eigenvalue weighted by Gasteiger charge is -2.20. The molecule has 0 unspecified atom stereocenters. The van der Waals surface area contributed by atoms with Crippen molar-refractivity contribution in [2.45, 2.75) is 244 Å². The number of amides is 1. The van der Waals surface area contributed by atoms with E-state index in [1.54, 1.807) is 0 Å². The van der Waals surface area contributed by atoms with E-state index >= 15 is 0 Å². The second-order valence-corrected chi connectivity index (χ2v) is 14.8. The average molecular weight is 664 g/mol. The van der Waals surface area contributed by atoms with Crippen LogP contribution in [0.2, 0.25) is 0 Å². The molecule has 278 valence electrons. The molecule has 0 aromatic rings. The number of rotatable bonds is 35. The number of aliphatic hydroxyl groups excluding tert-OH is 2. The summed E-state index contributed by atoms with van der Waals surface area (Å²) >= 11 is 0. The van der Waals surface area contributed by atoms with Crippen LogP contribution in [0.1, 0.15) is 219 Å². The van der Waals surface area contributed by atoms with Crippen LogP contribution in [0.4, 0.5) is 0 Å². The molecule has 1 amide bonds. The molecule has 5 nitrogen and oxygen atoms in total. The van der Waals surface area contributed by atoms with Crippen LogP contribution in [0.25, 0.3) is 0 Å². The fourth-order valence-electron chi connectivity index (χ4n) is 6.96. The molecule has 0 bridgehead atoms. The van der Waals surface area contributed by atoms with Gasteiger partial charge in [0.05, 0.1) is 18.8 Å². The molecule has 47 heavy (non-hydrogen) atoms. The molecule has 1 rings (SSSR count). The quantitative estimate of drug-likeness (QED) is 0.0466. The summed E-state index contributed by atoms with van der Waals surface area (Å²) in [5, 5.41) is 23.8. The molecule has 1 heterocycles. The van der Waals surface area contributed by atoms with Crippen molar-refractivity contribution >= 4 is 5.91 Å². The molecule has 3 N–H and O–H groups in total. The minimum absolute atomic E-state index is 0.237. The predicted molar refractivity (Wildman–Crippen MR) is 202 cm³/mol. The van der Waals surface area contributed by atoms with Crippen LogP contribution >= 0.6 is 0 Å². The van der Waals surface area contributed by atoms with Gasteiger partial charge in [0.1, 0.15) is 12.2 Å². The third-order valence-electron chi connectivity index (χ3n) is 10.2. The lowest BCUT2D eigenvalue weighted by Crippen LogP contribution is -2.48. The first-order valence-corrected chi connectivity index (χ1v) is 21.0. The molecular formula is C42H81NO4. The van der Waals surface area contributed by atoms with Crippen molar-refractivity contribution in [3.63, 3.8) is 0 Å². The highest BCUT2D eigenvalue weighted by Gasteiger charge is 2.37. The van der Waals surface area contributed by atoms with Gasteiger partial charge in [0.15, 0.2) is 0 Å². The summed E-state index contributed by atoms with van der Waals surface area (Å²) in [6.45, 7) is 4.85. The highest BCUT2D eigenvalue weighted by Crippen LogP contribution is 2.21. The van der Waals surface area contributed by atoms with Crippen molar-refractivity contribution in [3.05, 3.63) is 12.2 Å². The maximum atomic E-state index is 12.5. The number of hydrogen-bond donors (Lipinski definition) is 3. The van der Waals surface area contributed by atoms with Gasteiger partial charge in [0, 0.05) is 0 Å². The van der Waals surface area contributed by atoms with Crippen LogP contribution in [0.5, 0.6) is 0 Å². The van der Waals surface area contributed by atoms with Crippen molar-refractivity contribution in [2.24, 2.45) is 0 Å². The molecule has 1 fully saturated rings. The average Bonchev–Trinajstić information content (AvgIpc) is 3.42. The molecular weight excluding hydrogens is 582 g/mol. The van der Waals surface area contributed by atoms with Gasteiger partial charge in [-0.25, -0.2) is 0 Å². The number of unbranched alkanes of at least 4 members (excludes halogenated alkanes) is 27. The van der Waals surface area contributed by atoms with Gasteiger partial charge in [-0.05, 0) is 38.5 Å². The molecule has 1 saturated heterocycles. The standard InChI is InChI=1S/C42H81NO4/c1-3-5-7-9-11-13-15-16-17-18-19-20-21-22-23-24-25-26-27-29-31-33-35-39(44)42(46)43-38-37-47-40(41(38)45)36-34-32-30-28-14-12-10-8-6-4-2/h28,30,38-41,44-45H,3-27,29,31-37H2,1-2H3,(H,43,46)/t38-,39+,40+,41-/m0/s1. The Balaban J connectivity index is 1.88. The molecule has 1 aliphatic rings. The van der Waals surface area contributed by atoms with Crippen molar-refractivity contribution in [2.75, 3.05) is 6.61 Å². The lowest BCUT2D eigenvalue weighted by molar-refractivity contribution is -0.131. The topological polar surface area (TPSA) is 78.8 Å². The number of aliphatic hydroxyl groups is 2. The van der Waals surface area contributed by atoms with E-state index in [0.29, 0.717) is 13.0 Å². The van der Waals surface area contributed by atoms with E-state index in [-0.39, 0.29) is 12.0 Å². The highest BCUT2D eigenvalue weighted by molar-refractivity contribution is 5.80. The predicted octanol–water partition coefficient (Wildman–Crippen LogP) is 11.7. The fourth-order valence-corrected chi connectivity index (χ4v) is 6.96. The fraction of sp³-hybridized carbons (Fsp3) is 0.929. The summed E-state index contributed by atoms with van der Waals surface area (Å²) in [5.74, 6) is -0.372. The molecule has 5 heteroatoms. The zero-order chi connectivity index (χ0) is 34.0. The smallest absolute Gasteiger partial charge is 0.249 e. The third-order valence-corrected chi connectivity index (χ3v) is 10.2. The molecule has 1 aliphatic heterocycles. The first-order valence-electron chi connectivity index (χ1n) is 21.0. The largest absolute Gasteiger partial charge is 0.388 e. The number of carbonyl (C=O) groups excluding carboxylic acids is 1. The van der Waals surface area contributed by atoms with Crippen molar-refractivity contribution in [1.29, 1.82) is 0 Å². The van der Waals surface area contributed by atoms with Gasteiger partial charge in [-0.3, -0.25) is 4.79 Å². The number of ether oxygens (including phenoxy) is 1. The van der Waals surface area contributed by atoms with E-state index in [4.69, 9.17) is 4.74 Å². The summed E-state index contributed by atoms with van der Waals surface area (Å²) in [6.07, 6.45) is 43.3. The highest BCUT2D eigenvalue weighted by atomic mass is 16.5. The van der Waals surface area contributed by atoms with Gasteiger partial charge >= 0.3 is 0 Å². The Morgan fingerprint density at radius 3 is 1.45 bits per heavy atom. The van der Waals surface area contributed by atoms with Crippen LogP contribution in [-0.4, -0.2) is 47.1 Å². The maximum absolute atomic E-state index is 12.5. The molecule has 0 spiro atoms. The lowest BCUT2D eigenvalue weighted by atomic mass is 10.0. The molecule has 0 saturated carbocycles. The van der Waals surface area contributed by atoms with Gasteiger partial charge < -0.3 is 20.3 Å². The number of hydrogen-bond acceptors (Lipinski definition) is 4. The van der Waals surface area contributed by atoms with Gasteiger partial charge in [0.2, 0.25) is 5.91 Å². The van der Waals surface area contributed by atoms with E-state index in [2.05, 4.69) is 31.3 Å². The summed E-state index contributed by atoms with van der Waals surface area (Å²) < 4.78 is 5.78. The van der Waals surface area contributed by atoms with Gasteiger partial charge in [-0.2, -0.15) is 0 Å². The minimum Gasteiger partial charge on any atom is -0.388 e. The van der Waals surface area contributed by atoms with Crippen molar-refractivity contribution in [1.82, 2.24) is 5.32 Å². The van der Waals surface area contributed by atoms with Crippen LogP contribution in [0.15, 0.2) is 12.2 Å². The van der Waals surface area contributed by atoms with Crippen LogP contribution in [0, 0.1) is 0 Å². The van der Waals surface area contributed by atoms with E-state index in [9.17, 15) is 15.0 Å². The Morgan fingerprint density at radius 1 is 0.617 bits per heavy atom. The molecule has 0 aliphatic carbocycles. The first-order chi connectivity index (χ1) is 23.1. The van der Waals surface area contributed by atoms with Crippen molar-refractivity contribution < 1.29 is 19.7 Å². The van der Waals surface area contributed by atoms with E-state index in [1.807, 2.05) is 0 Å². The number of nitrogens with one attached hydrogen (secondary N) is 1. The number of allylic oxidation sites excluding steroid dienone is 2. The molecule has 0 aromatic carbocycles. The van der Waals surface area contributed by atoms with Crippen LogP contribution in [-0.2, 0) is 9.53 Å². The molecule has 4 atom stereocenters. The molecule has 0 aromatic heterocycles. The Morgan fingerprint density at radius 2 is 1.00 bits per heavy atom. The SMILES string of the molecule is CCCCCCCC=CCCC[C@H]1OC[C@H](NC(=O)[C@H](O)CCCCCCCCCCCCCCCCCCCCCCCC)[C@@H]1O. The Kier molecular flexibility index (Phi) is 31.5. The normalized spacial score (nSPS) is 18.8. The minimum atomic E-state index is -1.00. The summed E-state index contributed by atoms with van der Waals surface area (Å²) in [4.78, 5) is 12.5. The first kappa shape index (κ1) is 44.1. The monoisotopic (exact) mass is 664 g/mol. The second kappa shape index (κ2) is 33.6.